The number of carbonyl (C=O) groups excluding carboxylic acids is 1. The molecule has 0 aliphatic heterocycles. The lowest BCUT2D eigenvalue weighted by Crippen LogP contribution is -2.12. The van der Waals surface area contributed by atoms with Gasteiger partial charge in [-0.2, -0.15) is 0 Å². The van der Waals surface area contributed by atoms with Gasteiger partial charge in [-0.05, 0) is 0 Å². The third kappa shape index (κ3) is 1.38. The van der Waals surface area contributed by atoms with Crippen LogP contribution in [0.25, 0.3) is 0 Å². The Labute approximate surface area is 60.4 Å². The smallest absolute Gasteiger partial charge is 0.248 e. The van der Waals surface area contributed by atoms with E-state index < -0.39 is 5.91 Å². The summed E-state index contributed by atoms with van der Waals surface area (Å²) in [6, 6.07) is 6.47. The van der Waals surface area contributed by atoms with Crippen LogP contribution in [0.2, 0.25) is 0 Å². The molecule has 0 bridgehead atoms. The highest BCUT2D eigenvalue weighted by atomic mass is 16.1. The maximum Gasteiger partial charge on any atom is 0.248 e. The lowest BCUT2D eigenvalue weighted by Gasteiger charge is -1.94. The topological polar surface area (TPSA) is 43.1 Å². The summed E-state index contributed by atoms with van der Waals surface area (Å²) in [5.41, 5.74) is 6.09. The predicted octanol–water partition coefficient (Wildman–Crippen LogP) is -0.421. The van der Waals surface area contributed by atoms with Crippen molar-refractivity contribution in [1.82, 2.24) is 0 Å². The lowest BCUT2D eigenvalue weighted by molar-refractivity contribution is 0.100. The summed E-state index contributed by atoms with van der Waals surface area (Å²) in [5.74, 6) is -0.431. The van der Waals surface area contributed by atoms with Crippen LogP contribution >= 0.6 is 0 Å². The minimum absolute atomic E-state index is 0.431. The molecule has 0 spiro atoms. The average Bonchev–Trinajstić information content (AvgIpc) is 1.88. The zero-order valence-electron chi connectivity index (χ0n) is 5.37. The molecular weight excluding hydrogens is 125 g/mol. The van der Waals surface area contributed by atoms with E-state index in [-0.39, 0.29) is 0 Å². The molecule has 2 N–H and O–H groups in total. The van der Waals surface area contributed by atoms with Crippen LogP contribution in [-0.4, -0.2) is 13.8 Å². The number of benzene rings is 1. The highest BCUT2D eigenvalue weighted by Crippen LogP contribution is 1.92. The van der Waals surface area contributed by atoms with Crippen molar-refractivity contribution >= 4 is 19.2 Å². The number of primary amides is 1. The Morgan fingerprint density at radius 1 is 1.30 bits per heavy atom. The summed E-state index contributed by atoms with van der Waals surface area (Å²) in [6.45, 7) is 0. The number of nitrogens with two attached hydrogens (primary N) is 1. The third-order valence-electron chi connectivity index (χ3n) is 1.20. The second-order valence-electron chi connectivity index (χ2n) is 1.99. The van der Waals surface area contributed by atoms with Crippen LogP contribution in [0.3, 0.4) is 0 Å². The minimum Gasteiger partial charge on any atom is -0.366 e. The molecule has 0 atom stereocenters. The quantitative estimate of drug-likeness (QED) is 0.516. The fourth-order valence-corrected chi connectivity index (χ4v) is 0.647. The largest absolute Gasteiger partial charge is 0.366 e. The van der Waals surface area contributed by atoms with Gasteiger partial charge in [0.25, 0.3) is 0 Å². The number of hydrogen-bond acceptors (Lipinski definition) is 1. The highest BCUT2D eigenvalue weighted by molar-refractivity contribution is 6.32. The van der Waals surface area contributed by atoms with E-state index in [0.29, 0.717) is 11.0 Å². The van der Waals surface area contributed by atoms with Crippen LogP contribution in [0.15, 0.2) is 24.3 Å². The SMILES string of the molecule is [B]c1ccc(C(N)=O)cc1. The molecule has 2 nitrogen and oxygen atoms in total. The van der Waals surface area contributed by atoms with Crippen LogP contribution in [-0.2, 0) is 0 Å². The summed E-state index contributed by atoms with van der Waals surface area (Å²) in [4.78, 5) is 10.5. The molecule has 1 amide bonds. The Balaban J connectivity index is 3.00. The minimum atomic E-state index is -0.431. The fourth-order valence-electron chi connectivity index (χ4n) is 0.647. The Kier molecular flexibility index (Phi) is 1.76. The van der Waals surface area contributed by atoms with Gasteiger partial charge >= 0.3 is 0 Å². The van der Waals surface area contributed by atoms with Gasteiger partial charge in [0, 0.05) is 5.56 Å². The molecule has 0 heterocycles. The van der Waals surface area contributed by atoms with Crippen molar-refractivity contribution in [3.8, 4) is 0 Å². The molecule has 1 aromatic rings. The van der Waals surface area contributed by atoms with E-state index in [1.54, 1.807) is 24.3 Å². The summed E-state index contributed by atoms with van der Waals surface area (Å²) in [6.07, 6.45) is 0. The summed E-state index contributed by atoms with van der Waals surface area (Å²) in [7, 11) is 5.37. The molecule has 0 aliphatic rings. The number of hydrogen-bond donors (Lipinski definition) is 1. The molecule has 0 saturated heterocycles. The maximum absolute atomic E-state index is 10.5. The highest BCUT2D eigenvalue weighted by Gasteiger charge is 1.95. The number of amides is 1. The zero-order chi connectivity index (χ0) is 7.56. The van der Waals surface area contributed by atoms with Crippen molar-refractivity contribution in [3.63, 3.8) is 0 Å². The van der Waals surface area contributed by atoms with Gasteiger partial charge < -0.3 is 5.73 Å². The first kappa shape index (κ1) is 6.87. The first-order valence-corrected chi connectivity index (χ1v) is 2.85. The third-order valence-corrected chi connectivity index (χ3v) is 1.20. The maximum atomic E-state index is 10.5. The van der Waals surface area contributed by atoms with Gasteiger partial charge in [0.2, 0.25) is 5.91 Å². The van der Waals surface area contributed by atoms with E-state index in [1.165, 1.54) is 0 Å². The normalized spacial score (nSPS) is 9.20. The predicted molar refractivity (Wildman–Crippen MR) is 40.3 cm³/mol. The van der Waals surface area contributed by atoms with Crippen LogP contribution < -0.4 is 11.2 Å². The second kappa shape index (κ2) is 2.56. The van der Waals surface area contributed by atoms with Gasteiger partial charge in [0.1, 0.15) is 7.85 Å². The Bertz CT molecular complexity index is 242. The summed E-state index contributed by atoms with van der Waals surface area (Å²) in [5, 5.41) is 0. The summed E-state index contributed by atoms with van der Waals surface area (Å²) < 4.78 is 0. The lowest BCUT2D eigenvalue weighted by atomic mass is 9.95. The van der Waals surface area contributed by atoms with Crippen molar-refractivity contribution in [3.05, 3.63) is 29.8 Å². The Hall–Kier alpha value is -1.25. The van der Waals surface area contributed by atoms with E-state index in [2.05, 4.69) is 0 Å². The van der Waals surface area contributed by atoms with E-state index in [1.807, 2.05) is 0 Å². The van der Waals surface area contributed by atoms with Crippen molar-refractivity contribution in [2.24, 2.45) is 5.73 Å². The molecule has 1 aromatic carbocycles. The van der Waals surface area contributed by atoms with Gasteiger partial charge in [0.05, 0.1) is 0 Å². The first-order chi connectivity index (χ1) is 4.70. The van der Waals surface area contributed by atoms with Crippen LogP contribution in [0.1, 0.15) is 10.4 Å². The van der Waals surface area contributed by atoms with Gasteiger partial charge in [-0.25, -0.2) is 0 Å². The van der Waals surface area contributed by atoms with Gasteiger partial charge in [-0.3, -0.25) is 4.79 Å². The molecular formula is C7H6BNO. The molecule has 3 heteroatoms. The van der Waals surface area contributed by atoms with Crippen molar-refractivity contribution in [2.75, 3.05) is 0 Å². The standard InChI is InChI=1S/C7H6BNO/c8-6-3-1-5(2-4-6)7(9)10/h1-4H,(H2,9,10). The van der Waals surface area contributed by atoms with Crippen LogP contribution in [0.5, 0.6) is 0 Å². The average molecular weight is 131 g/mol. The van der Waals surface area contributed by atoms with Crippen LogP contribution in [0, 0.1) is 0 Å². The molecule has 0 saturated carbocycles. The Morgan fingerprint density at radius 2 is 1.80 bits per heavy atom. The van der Waals surface area contributed by atoms with Crippen molar-refractivity contribution in [1.29, 1.82) is 0 Å². The molecule has 0 fully saturated rings. The first-order valence-electron chi connectivity index (χ1n) is 2.85. The van der Waals surface area contributed by atoms with E-state index in [0.717, 1.165) is 0 Å². The molecule has 10 heavy (non-hydrogen) atoms. The molecule has 0 aromatic heterocycles. The summed E-state index contributed by atoms with van der Waals surface area (Å²) >= 11 is 0. The molecule has 48 valence electrons. The second-order valence-corrected chi connectivity index (χ2v) is 1.99. The van der Waals surface area contributed by atoms with Gasteiger partial charge in [0.15, 0.2) is 0 Å². The Morgan fingerprint density at radius 3 is 2.20 bits per heavy atom. The molecule has 0 unspecified atom stereocenters. The van der Waals surface area contributed by atoms with Gasteiger partial charge in [-0.15, -0.1) is 0 Å². The van der Waals surface area contributed by atoms with Gasteiger partial charge in [-0.1, -0.05) is 29.7 Å². The van der Waals surface area contributed by atoms with Crippen molar-refractivity contribution in [2.45, 2.75) is 0 Å². The van der Waals surface area contributed by atoms with E-state index >= 15 is 0 Å². The van der Waals surface area contributed by atoms with E-state index in [4.69, 9.17) is 13.6 Å². The van der Waals surface area contributed by atoms with Crippen LogP contribution in [0.4, 0.5) is 0 Å². The molecule has 2 radical (unpaired) electrons. The zero-order valence-corrected chi connectivity index (χ0v) is 5.37. The molecule has 1 rings (SSSR count). The number of rotatable bonds is 1. The van der Waals surface area contributed by atoms with E-state index in [9.17, 15) is 4.79 Å². The van der Waals surface area contributed by atoms with Crippen molar-refractivity contribution < 1.29 is 4.79 Å². The molecule has 0 aliphatic carbocycles. The monoisotopic (exact) mass is 131 g/mol. The fraction of sp³-hybridized carbons (Fsp3) is 0. The number of carbonyl (C=O) groups is 1.